The first kappa shape index (κ1) is 17.1. The van der Waals surface area contributed by atoms with Crippen LogP contribution in [0.1, 0.15) is 37.0 Å². The molecule has 112 valence electrons. The molecular formula is C13H18BrNO4S. The number of halogens is 1. The lowest BCUT2D eigenvalue weighted by Gasteiger charge is -2.21. The molecule has 0 aromatic heterocycles. The van der Waals surface area contributed by atoms with Gasteiger partial charge in [0, 0.05) is 17.6 Å². The van der Waals surface area contributed by atoms with Crippen molar-refractivity contribution in [3.8, 4) is 0 Å². The second-order valence-corrected chi connectivity index (χ2v) is 7.12. The molecule has 0 aliphatic carbocycles. The van der Waals surface area contributed by atoms with Crippen LogP contribution >= 0.6 is 15.9 Å². The quantitative estimate of drug-likeness (QED) is 0.807. The third-order valence-corrected chi connectivity index (χ3v) is 5.63. The minimum atomic E-state index is -3.69. The Kier molecular flexibility index (Phi) is 6.16. The van der Waals surface area contributed by atoms with E-state index in [4.69, 9.17) is 5.11 Å². The summed E-state index contributed by atoms with van der Waals surface area (Å²) >= 11 is 3.19. The van der Waals surface area contributed by atoms with Crippen molar-refractivity contribution in [2.45, 2.75) is 31.6 Å². The molecule has 0 aliphatic rings. The van der Waals surface area contributed by atoms with E-state index in [1.165, 1.54) is 22.5 Å². The zero-order valence-electron chi connectivity index (χ0n) is 11.5. The molecule has 0 fully saturated rings. The zero-order chi connectivity index (χ0) is 15.3. The Morgan fingerprint density at radius 1 is 1.25 bits per heavy atom. The number of aromatic carboxylic acids is 1. The molecule has 1 rings (SSSR count). The van der Waals surface area contributed by atoms with Gasteiger partial charge in [0.2, 0.25) is 10.0 Å². The van der Waals surface area contributed by atoms with Crippen LogP contribution in [0.2, 0.25) is 0 Å². The minimum absolute atomic E-state index is 0.000648. The summed E-state index contributed by atoms with van der Waals surface area (Å²) in [6.45, 7) is 4.64. The number of hydrogen-bond donors (Lipinski definition) is 1. The predicted octanol–water partition coefficient (Wildman–Crippen LogP) is 2.96. The normalized spacial score (nSPS) is 11.8. The fourth-order valence-corrected chi connectivity index (χ4v) is 4.40. The zero-order valence-corrected chi connectivity index (χ0v) is 13.9. The average Bonchev–Trinajstić information content (AvgIpc) is 2.38. The second kappa shape index (κ2) is 7.19. The highest BCUT2D eigenvalue weighted by molar-refractivity contribution is 9.10. The SMILES string of the molecule is CCCN(CCC)S(=O)(=O)c1cc(C(=O)O)ccc1Br. The van der Waals surface area contributed by atoms with E-state index in [1.54, 1.807) is 0 Å². The number of sulfonamides is 1. The largest absolute Gasteiger partial charge is 0.478 e. The van der Waals surface area contributed by atoms with Gasteiger partial charge in [-0.25, -0.2) is 13.2 Å². The van der Waals surface area contributed by atoms with Gasteiger partial charge in [-0.15, -0.1) is 0 Å². The van der Waals surface area contributed by atoms with Crippen LogP contribution in [0.25, 0.3) is 0 Å². The van der Waals surface area contributed by atoms with E-state index in [9.17, 15) is 13.2 Å². The molecule has 0 saturated heterocycles. The van der Waals surface area contributed by atoms with E-state index in [0.29, 0.717) is 30.4 Å². The monoisotopic (exact) mass is 363 g/mol. The highest BCUT2D eigenvalue weighted by Gasteiger charge is 2.26. The van der Waals surface area contributed by atoms with E-state index in [1.807, 2.05) is 13.8 Å². The molecule has 0 atom stereocenters. The van der Waals surface area contributed by atoms with Gasteiger partial charge in [-0.1, -0.05) is 13.8 Å². The van der Waals surface area contributed by atoms with Crippen LogP contribution in [0.5, 0.6) is 0 Å². The Balaban J connectivity index is 3.32. The van der Waals surface area contributed by atoms with Crippen molar-refractivity contribution < 1.29 is 18.3 Å². The maximum atomic E-state index is 12.6. The summed E-state index contributed by atoms with van der Waals surface area (Å²) in [5.74, 6) is -1.15. The number of carboxylic acid groups (broad SMARTS) is 1. The molecule has 0 saturated carbocycles. The Morgan fingerprint density at radius 2 is 1.80 bits per heavy atom. The molecule has 0 bridgehead atoms. The Hall–Kier alpha value is -0.920. The van der Waals surface area contributed by atoms with E-state index in [-0.39, 0.29) is 10.5 Å². The van der Waals surface area contributed by atoms with E-state index < -0.39 is 16.0 Å². The molecule has 0 radical (unpaired) electrons. The van der Waals surface area contributed by atoms with Crippen LogP contribution in [0.15, 0.2) is 27.6 Å². The maximum absolute atomic E-state index is 12.6. The van der Waals surface area contributed by atoms with Crippen LogP contribution in [-0.4, -0.2) is 36.9 Å². The summed E-state index contributed by atoms with van der Waals surface area (Å²) < 4.78 is 27.0. The van der Waals surface area contributed by atoms with Crippen LogP contribution in [0, 0.1) is 0 Å². The van der Waals surface area contributed by atoms with Gasteiger partial charge in [-0.05, 0) is 47.0 Å². The van der Waals surface area contributed by atoms with Crippen molar-refractivity contribution in [2.24, 2.45) is 0 Å². The fraction of sp³-hybridized carbons (Fsp3) is 0.462. The van der Waals surface area contributed by atoms with Crippen molar-refractivity contribution in [1.82, 2.24) is 4.31 Å². The lowest BCUT2D eigenvalue weighted by molar-refractivity contribution is 0.0696. The van der Waals surface area contributed by atoms with Gasteiger partial charge in [0.1, 0.15) is 0 Å². The first-order valence-corrected chi connectivity index (χ1v) is 8.60. The number of nitrogens with zero attached hydrogens (tertiary/aromatic N) is 1. The number of hydrogen-bond acceptors (Lipinski definition) is 3. The van der Waals surface area contributed by atoms with Crippen LogP contribution < -0.4 is 0 Å². The lowest BCUT2D eigenvalue weighted by Crippen LogP contribution is -2.32. The van der Waals surface area contributed by atoms with E-state index in [0.717, 1.165) is 0 Å². The molecule has 0 unspecified atom stereocenters. The van der Waals surface area contributed by atoms with Gasteiger partial charge in [0.15, 0.2) is 0 Å². The molecular weight excluding hydrogens is 346 g/mol. The first-order valence-electron chi connectivity index (χ1n) is 6.37. The van der Waals surface area contributed by atoms with Crippen molar-refractivity contribution in [2.75, 3.05) is 13.1 Å². The van der Waals surface area contributed by atoms with Gasteiger partial charge in [0.05, 0.1) is 10.5 Å². The summed E-state index contributed by atoms with van der Waals surface area (Å²) in [6, 6.07) is 4.02. The van der Waals surface area contributed by atoms with Gasteiger partial charge in [-0.3, -0.25) is 0 Å². The Morgan fingerprint density at radius 3 is 2.25 bits per heavy atom. The third kappa shape index (κ3) is 3.80. The molecule has 0 aliphatic heterocycles. The Labute approximate surface area is 127 Å². The molecule has 7 heteroatoms. The van der Waals surface area contributed by atoms with Crippen LogP contribution in [-0.2, 0) is 10.0 Å². The summed E-state index contributed by atoms with van der Waals surface area (Å²) in [5.41, 5.74) is -0.0419. The summed E-state index contributed by atoms with van der Waals surface area (Å²) in [4.78, 5) is 11.0. The summed E-state index contributed by atoms with van der Waals surface area (Å²) in [7, 11) is -3.69. The molecule has 1 aromatic carbocycles. The standard InChI is InChI=1S/C13H18BrNO4S/c1-3-7-15(8-4-2)20(18,19)12-9-10(13(16)17)5-6-11(12)14/h5-6,9H,3-4,7-8H2,1-2H3,(H,16,17). The van der Waals surface area contributed by atoms with Crippen molar-refractivity contribution in [3.63, 3.8) is 0 Å². The van der Waals surface area contributed by atoms with Gasteiger partial charge < -0.3 is 5.11 Å². The van der Waals surface area contributed by atoms with Gasteiger partial charge >= 0.3 is 5.97 Å². The summed E-state index contributed by atoms with van der Waals surface area (Å²) in [6.07, 6.45) is 1.41. The number of benzene rings is 1. The predicted molar refractivity (Wildman–Crippen MR) is 80.4 cm³/mol. The molecule has 1 N–H and O–H groups in total. The molecule has 0 heterocycles. The van der Waals surface area contributed by atoms with E-state index >= 15 is 0 Å². The molecule has 1 aromatic rings. The number of carbonyl (C=O) groups is 1. The van der Waals surface area contributed by atoms with Gasteiger partial charge in [0.25, 0.3) is 0 Å². The van der Waals surface area contributed by atoms with E-state index in [2.05, 4.69) is 15.9 Å². The Bertz CT molecular complexity index is 580. The first-order chi connectivity index (χ1) is 9.34. The van der Waals surface area contributed by atoms with Crippen LogP contribution in [0.4, 0.5) is 0 Å². The third-order valence-electron chi connectivity index (χ3n) is 2.74. The molecule has 0 amide bonds. The number of rotatable bonds is 7. The summed E-state index contributed by atoms with van der Waals surface area (Å²) in [5, 5.41) is 8.99. The van der Waals surface area contributed by atoms with Crippen molar-refractivity contribution in [1.29, 1.82) is 0 Å². The molecule has 5 nitrogen and oxygen atoms in total. The highest BCUT2D eigenvalue weighted by Crippen LogP contribution is 2.26. The average molecular weight is 364 g/mol. The smallest absolute Gasteiger partial charge is 0.335 e. The highest BCUT2D eigenvalue weighted by atomic mass is 79.9. The number of carboxylic acids is 1. The topological polar surface area (TPSA) is 74.7 Å². The maximum Gasteiger partial charge on any atom is 0.335 e. The minimum Gasteiger partial charge on any atom is -0.478 e. The van der Waals surface area contributed by atoms with Crippen LogP contribution in [0.3, 0.4) is 0 Å². The second-order valence-electron chi connectivity index (χ2n) is 4.35. The van der Waals surface area contributed by atoms with Gasteiger partial charge in [-0.2, -0.15) is 4.31 Å². The molecule has 0 spiro atoms. The van der Waals surface area contributed by atoms with Crippen molar-refractivity contribution in [3.05, 3.63) is 28.2 Å². The lowest BCUT2D eigenvalue weighted by atomic mass is 10.2. The van der Waals surface area contributed by atoms with Crippen molar-refractivity contribution >= 4 is 31.9 Å². The molecule has 20 heavy (non-hydrogen) atoms. The fourth-order valence-electron chi connectivity index (χ4n) is 1.82.